The molecule has 4 heteroatoms. The van der Waals surface area contributed by atoms with Crippen molar-refractivity contribution in [2.24, 2.45) is 0 Å². The van der Waals surface area contributed by atoms with E-state index in [1.807, 2.05) is 44.2 Å². The normalized spacial score (nSPS) is 12.4. The molecule has 1 aromatic heterocycles. The minimum Gasteiger partial charge on any atom is -0.496 e. The van der Waals surface area contributed by atoms with E-state index in [1.54, 1.807) is 13.2 Å². The number of ether oxygens (including phenoxy) is 1. The highest BCUT2D eigenvalue weighted by Crippen LogP contribution is 2.32. The lowest BCUT2D eigenvalue weighted by Crippen LogP contribution is -2.27. The molecule has 0 aliphatic heterocycles. The number of furan rings is 1. The summed E-state index contributed by atoms with van der Waals surface area (Å²) in [5.41, 5.74) is 4.02. The van der Waals surface area contributed by atoms with Crippen LogP contribution in [0.3, 0.4) is 0 Å². The maximum atomic E-state index is 12.6. The predicted molar refractivity (Wildman–Crippen MR) is 104 cm³/mol. The molecular formula is C22H25NO3. The fourth-order valence-electron chi connectivity index (χ4n) is 3.25. The molecule has 1 heterocycles. The van der Waals surface area contributed by atoms with Gasteiger partial charge in [-0.05, 0) is 60.7 Å². The van der Waals surface area contributed by atoms with Crippen LogP contribution in [0.25, 0.3) is 11.0 Å². The number of carbonyl (C=O) groups is 1. The Bertz CT molecular complexity index is 907. The maximum Gasteiger partial charge on any atom is 0.287 e. The van der Waals surface area contributed by atoms with E-state index in [1.165, 1.54) is 0 Å². The number of fused-ring (bicyclic) bond motifs is 1. The highest BCUT2D eigenvalue weighted by Gasteiger charge is 2.19. The third-order valence-corrected chi connectivity index (χ3v) is 4.70. The minimum absolute atomic E-state index is 0.140. The molecule has 0 spiro atoms. The van der Waals surface area contributed by atoms with Gasteiger partial charge in [-0.15, -0.1) is 0 Å². The number of methoxy groups -OCH3 is 1. The van der Waals surface area contributed by atoms with Gasteiger partial charge < -0.3 is 14.5 Å². The Labute approximate surface area is 154 Å². The summed E-state index contributed by atoms with van der Waals surface area (Å²) >= 11 is 0. The fraction of sp³-hybridized carbons (Fsp3) is 0.318. The first-order valence-corrected chi connectivity index (χ1v) is 8.88. The molecule has 1 atom stereocenters. The first-order valence-electron chi connectivity index (χ1n) is 8.88. The van der Waals surface area contributed by atoms with Crippen molar-refractivity contribution in [2.75, 3.05) is 7.11 Å². The molecule has 26 heavy (non-hydrogen) atoms. The maximum absolute atomic E-state index is 12.6. The first kappa shape index (κ1) is 18.1. The Morgan fingerprint density at radius 3 is 2.46 bits per heavy atom. The van der Waals surface area contributed by atoms with Crippen LogP contribution in [0.4, 0.5) is 0 Å². The van der Waals surface area contributed by atoms with Crippen LogP contribution in [0.2, 0.25) is 0 Å². The third kappa shape index (κ3) is 3.45. The Morgan fingerprint density at radius 1 is 1.08 bits per heavy atom. The number of amides is 1. The molecule has 3 aromatic rings. The van der Waals surface area contributed by atoms with Crippen molar-refractivity contribution in [3.05, 3.63) is 64.9 Å². The van der Waals surface area contributed by atoms with Gasteiger partial charge in [0.25, 0.3) is 5.91 Å². The molecule has 3 rings (SSSR count). The molecule has 0 aliphatic rings. The lowest BCUT2D eigenvalue weighted by molar-refractivity contribution is 0.0914. The van der Waals surface area contributed by atoms with Crippen molar-refractivity contribution in [1.29, 1.82) is 0 Å². The van der Waals surface area contributed by atoms with Gasteiger partial charge in [0.2, 0.25) is 0 Å². The van der Waals surface area contributed by atoms with Crippen LogP contribution in [0.5, 0.6) is 5.75 Å². The molecular weight excluding hydrogens is 326 g/mol. The topological polar surface area (TPSA) is 51.5 Å². The van der Waals surface area contributed by atoms with Crippen molar-refractivity contribution < 1.29 is 13.9 Å². The second-order valence-electron chi connectivity index (χ2n) is 6.95. The van der Waals surface area contributed by atoms with Gasteiger partial charge in [-0.3, -0.25) is 4.79 Å². The van der Waals surface area contributed by atoms with Crippen molar-refractivity contribution in [3.63, 3.8) is 0 Å². The van der Waals surface area contributed by atoms with E-state index in [2.05, 4.69) is 25.2 Å². The third-order valence-electron chi connectivity index (χ3n) is 4.70. The Kier molecular flexibility index (Phi) is 5.03. The van der Waals surface area contributed by atoms with E-state index in [4.69, 9.17) is 9.15 Å². The average molecular weight is 351 g/mol. The summed E-state index contributed by atoms with van der Waals surface area (Å²) in [5, 5.41) is 3.97. The largest absolute Gasteiger partial charge is 0.496 e. The fourth-order valence-corrected chi connectivity index (χ4v) is 3.25. The smallest absolute Gasteiger partial charge is 0.287 e. The summed E-state index contributed by atoms with van der Waals surface area (Å²) in [6, 6.07) is 13.4. The quantitative estimate of drug-likeness (QED) is 0.673. The summed E-state index contributed by atoms with van der Waals surface area (Å²) in [6.07, 6.45) is 0. The predicted octanol–water partition coefficient (Wildman–Crippen LogP) is 5.36. The molecule has 2 aromatic carbocycles. The standard InChI is InChI=1S/C22H25NO3/c1-13(2)17-12-18(14(3)10-20(17)25-5)15(4)23-22(24)21-11-16-8-6-7-9-19(16)26-21/h6-13,15H,1-5H3,(H,23,24)/t15-/m0/s1. The van der Waals surface area contributed by atoms with E-state index in [0.717, 1.165) is 27.8 Å². The molecule has 0 bridgehead atoms. The van der Waals surface area contributed by atoms with Gasteiger partial charge in [0, 0.05) is 5.39 Å². The summed E-state index contributed by atoms with van der Waals surface area (Å²) in [6.45, 7) is 8.29. The summed E-state index contributed by atoms with van der Waals surface area (Å²) in [5.74, 6) is 1.34. The van der Waals surface area contributed by atoms with Crippen LogP contribution in [-0.2, 0) is 0 Å². The lowest BCUT2D eigenvalue weighted by Gasteiger charge is -2.20. The van der Waals surface area contributed by atoms with Crippen LogP contribution in [0.15, 0.2) is 46.9 Å². The summed E-state index contributed by atoms with van der Waals surface area (Å²) in [4.78, 5) is 12.6. The van der Waals surface area contributed by atoms with Crippen LogP contribution in [0, 0.1) is 6.92 Å². The molecule has 0 fully saturated rings. The number of benzene rings is 2. The van der Waals surface area contributed by atoms with Crippen molar-refractivity contribution in [3.8, 4) is 5.75 Å². The second kappa shape index (κ2) is 7.24. The van der Waals surface area contributed by atoms with E-state index >= 15 is 0 Å². The van der Waals surface area contributed by atoms with Gasteiger partial charge in [0.15, 0.2) is 5.76 Å². The Balaban J connectivity index is 1.86. The number of carbonyl (C=O) groups excluding carboxylic acids is 1. The molecule has 1 N–H and O–H groups in total. The Morgan fingerprint density at radius 2 is 1.81 bits per heavy atom. The van der Waals surface area contributed by atoms with Gasteiger partial charge in [-0.25, -0.2) is 0 Å². The molecule has 0 unspecified atom stereocenters. The molecule has 0 radical (unpaired) electrons. The zero-order valence-electron chi connectivity index (χ0n) is 15.9. The SMILES string of the molecule is COc1cc(C)c([C@H](C)NC(=O)c2cc3ccccc3o2)cc1C(C)C. The lowest BCUT2D eigenvalue weighted by atomic mass is 9.93. The summed E-state index contributed by atoms with van der Waals surface area (Å²) in [7, 11) is 1.69. The Hall–Kier alpha value is -2.75. The molecule has 1 amide bonds. The second-order valence-corrected chi connectivity index (χ2v) is 6.95. The van der Waals surface area contributed by atoms with Gasteiger partial charge >= 0.3 is 0 Å². The number of hydrogen-bond donors (Lipinski definition) is 1. The number of aryl methyl sites for hydroxylation is 1. The van der Waals surface area contributed by atoms with Gasteiger partial charge in [-0.2, -0.15) is 0 Å². The van der Waals surface area contributed by atoms with Gasteiger partial charge in [0.05, 0.1) is 13.2 Å². The molecule has 0 aliphatic carbocycles. The molecule has 136 valence electrons. The number of hydrogen-bond acceptors (Lipinski definition) is 3. The van der Waals surface area contributed by atoms with Crippen molar-refractivity contribution in [2.45, 2.75) is 39.7 Å². The summed E-state index contributed by atoms with van der Waals surface area (Å²) < 4.78 is 11.2. The highest BCUT2D eigenvalue weighted by molar-refractivity contribution is 5.96. The average Bonchev–Trinajstić information content (AvgIpc) is 3.05. The number of rotatable bonds is 5. The van der Waals surface area contributed by atoms with Crippen LogP contribution < -0.4 is 10.1 Å². The molecule has 4 nitrogen and oxygen atoms in total. The van der Waals surface area contributed by atoms with E-state index in [9.17, 15) is 4.79 Å². The highest BCUT2D eigenvalue weighted by atomic mass is 16.5. The minimum atomic E-state index is -0.213. The first-order chi connectivity index (χ1) is 12.4. The van der Waals surface area contributed by atoms with Crippen LogP contribution >= 0.6 is 0 Å². The van der Waals surface area contributed by atoms with Gasteiger partial charge in [0.1, 0.15) is 11.3 Å². The zero-order valence-corrected chi connectivity index (χ0v) is 15.9. The van der Waals surface area contributed by atoms with E-state index < -0.39 is 0 Å². The van der Waals surface area contributed by atoms with Crippen LogP contribution in [-0.4, -0.2) is 13.0 Å². The van der Waals surface area contributed by atoms with E-state index in [-0.39, 0.29) is 11.9 Å². The van der Waals surface area contributed by atoms with Crippen molar-refractivity contribution in [1.82, 2.24) is 5.32 Å². The monoisotopic (exact) mass is 351 g/mol. The zero-order chi connectivity index (χ0) is 18.8. The molecule has 0 saturated carbocycles. The van der Waals surface area contributed by atoms with Crippen molar-refractivity contribution >= 4 is 16.9 Å². The van der Waals surface area contributed by atoms with Gasteiger partial charge in [-0.1, -0.05) is 32.0 Å². The number of para-hydroxylation sites is 1. The van der Waals surface area contributed by atoms with E-state index in [0.29, 0.717) is 17.3 Å². The van der Waals surface area contributed by atoms with Crippen LogP contribution in [0.1, 0.15) is 60.0 Å². The molecule has 0 saturated heterocycles. The number of nitrogens with one attached hydrogen (secondary N) is 1.